The summed E-state index contributed by atoms with van der Waals surface area (Å²) in [5, 5.41) is 3.30. The quantitative estimate of drug-likeness (QED) is 0.220. The van der Waals surface area contributed by atoms with Crippen molar-refractivity contribution in [3.8, 4) is 0 Å². The second kappa shape index (κ2) is 18.7. The van der Waals surface area contributed by atoms with Crippen LogP contribution in [0.3, 0.4) is 0 Å². The van der Waals surface area contributed by atoms with Crippen molar-refractivity contribution in [1.29, 1.82) is 0 Å². The van der Waals surface area contributed by atoms with Crippen LogP contribution in [0.1, 0.15) is 177 Å². The van der Waals surface area contributed by atoms with E-state index in [9.17, 15) is 0 Å². The minimum absolute atomic E-state index is 0. The van der Waals surface area contributed by atoms with Crippen molar-refractivity contribution < 1.29 is 0 Å². The zero-order valence-electron chi connectivity index (χ0n) is 38.0. The monoisotopic (exact) mass is 773 g/mol. The van der Waals surface area contributed by atoms with Crippen LogP contribution in [0.2, 0.25) is 0 Å². The van der Waals surface area contributed by atoms with Gasteiger partial charge >= 0.3 is 0 Å². The molecule has 57 heavy (non-hydrogen) atoms. The molecule has 3 aromatic carbocycles. The first-order valence-electron chi connectivity index (χ1n) is 21.6. The lowest BCUT2D eigenvalue weighted by Crippen LogP contribution is -2.16. The highest BCUT2D eigenvalue weighted by Crippen LogP contribution is 2.32. The fourth-order valence-corrected chi connectivity index (χ4v) is 8.05. The third-order valence-electron chi connectivity index (χ3n) is 11.9. The molecule has 4 heteroatoms. The van der Waals surface area contributed by atoms with Gasteiger partial charge in [0, 0.05) is 45.5 Å². The summed E-state index contributed by atoms with van der Waals surface area (Å²) in [6.07, 6.45) is 7.19. The number of hydrogen-bond donors (Lipinski definition) is 1. The van der Waals surface area contributed by atoms with Crippen LogP contribution in [0.25, 0.3) is 0 Å². The van der Waals surface area contributed by atoms with Crippen molar-refractivity contribution in [2.75, 3.05) is 13.6 Å². The average molecular weight is 773 g/mol. The number of pyridine rings is 1. The summed E-state index contributed by atoms with van der Waals surface area (Å²) < 4.78 is 0. The molecule has 4 nitrogen and oxygen atoms in total. The van der Waals surface area contributed by atoms with E-state index in [4.69, 9.17) is 0 Å². The molecule has 0 saturated heterocycles. The van der Waals surface area contributed by atoms with E-state index >= 15 is 0 Å². The van der Waals surface area contributed by atoms with E-state index in [1.165, 1.54) is 82.4 Å². The number of aromatic nitrogens is 1. The largest absolute Gasteiger partial charge is 0.307 e. The van der Waals surface area contributed by atoms with Crippen LogP contribution in [0.5, 0.6) is 0 Å². The highest BCUT2D eigenvalue weighted by molar-refractivity contribution is 5.39. The molecule has 1 aliphatic carbocycles. The molecule has 4 heterocycles. The van der Waals surface area contributed by atoms with Crippen LogP contribution in [-0.2, 0) is 73.8 Å². The number of benzene rings is 3. The minimum Gasteiger partial charge on any atom is -0.307 e. The first-order valence-corrected chi connectivity index (χ1v) is 21.6. The molecule has 0 unspecified atom stereocenters. The Morgan fingerprint density at radius 1 is 0.526 bits per heavy atom. The Morgan fingerprint density at radius 3 is 1.51 bits per heavy atom. The van der Waals surface area contributed by atoms with E-state index in [1.54, 1.807) is 16.7 Å². The van der Waals surface area contributed by atoms with Crippen LogP contribution >= 0.6 is 0 Å². The summed E-state index contributed by atoms with van der Waals surface area (Å²) in [7, 11) is 2.18. The topological polar surface area (TPSA) is 31.4 Å². The fourth-order valence-electron chi connectivity index (χ4n) is 8.05. The molecule has 1 aromatic heterocycles. The maximum absolute atomic E-state index is 4.46. The summed E-state index contributed by atoms with van der Waals surface area (Å²) in [5.41, 5.74) is 18.6. The number of hydrogen-bond acceptors (Lipinski definition) is 4. The normalized spacial score (nSPS) is 16.1. The summed E-state index contributed by atoms with van der Waals surface area (Å²) in [4.78, 5) is 9.36. The average Bonchev–Trinajstić information content (AvgIpc) is 3.91. The summed E-state index contributed by atoms with van der Waals surface area (Å²) >= 11 is 0. The Kier molecular flexibility index (Phi) is 15.2. The van der Waals surface area contributed by atoms with E-state index in [0.29, 0.717) is 5.41 Å². The van der Waals surface area contributed by atoms with Crippen molar-refractivity contribution >= 4 is 0 Å². The molecule has 3 aliphatic heterocycles. The summed E-state index contributed by atoms with van der Waals surface area (Å²) in [5.74, 6) is 0. The molecule has 312 valence electrons. The molecule has 4 aliphatic rings. The highest BCUT2D eigenvalue weighted by atomic mass is 15.1. The van der Waals surface area contributed by atoms with Gasteiger partial charge in [-0.1, -0.05) is 158 Å². The molecule has 0 spiro atoms. The maximum Gasteiger partial charge on any atom is 0.0586 e. The van der Waals surface area contributed by atoms with Crippen LogP contribution < -0.4 is 5.32 Å². The van der Waals surface area contributed by atoms with Gasteiger partial charge in [0.25, 0.3) is 0 Å². The number of aryl methyl sites for hydroxylation is 2. The number of nitrogens with zero attached hydrogens (tertiary/aromatic N) is 3. The number of rotatable bonds is 2. The maximum atomic E-state index is 4.46. The van der Waals surface area contributed by atoms with Gasteiger partial charge < -0.3 is 5.32 Å². The summed E-state index contributed by atoms with van der Waals surface area (Å²) in [6.45, 7) is 37.1. The Balaban J connectivity index is 0.000000168. The second-order valence-electron chi connectivity index (χ2n) is 21.1. The van der Waals surface area contributed by atoms with Gasteiger partial charge in [0.1, 0.15) is 0 Å². The van der Waals surface area contributed by atoms with Crippen LogP contribution in [-0.4, -0.2) is 28.4 Å². The molecule has 0 atom stereocenters. The van der Waals surface area contributed by atoms with Crippen molar-refractivity contribution in [1.82, 2.24) is 20.1 Å². The lowest BCUT2D eigenvalue weighted by molar-refractivity contribution is 0.285. The fraction of sp³-hybridized carbons (Fsp3) is 0.566. The molecular weight excluding hydrogens is 693 g/mol. The molecule has 0 saturated carbocycles. The van der Waals surface area contributed by atoms with E-state index in [0.717, 1.165) is 39.3 Å². The standard InChI is InChI=1S/C15H23N.C13H19N.C13H18.C11H16N2.CH4/c1-5-8-16-10-12-6-7-14(15(2,3)4)9-13(12)11-16;1-13(2,3)12-6-5-10-8-14(4)9-11(10)7-12;1-13(2,3)12-8-7-10-5-4-6-11(10)9-12;1-11(2,3)9-4-8-5-12-7-10(8)13-6-9;/h6-7,9H,5,8,10-11H2,1-4H3;5-7H,8-9H2,1-4H3;7-9H,4-6H2,1-3H3;4,6,12H,5,7H2,1-3H3;1H4. The zero-order chi connectivity index (χ0) is 41.1. The lowest BCUT2D eigenvalue weighted by atomic mass is 9.85. The van der Waals surface area contributed by atoms with Gasteiger partial charge in [0.05, 0.1) is 5.69 Å². The van der Waals surface area contributed by atoms with Gasteiger partial charge in [-0.3, -0.25) is 14.8 Å². The summed E-state index contributed by atoms with van der Waals surface area (Å²) in [6, 6.07) is 23.3. The Labute approximate surface area is 350 Å². The minimum atomic E-state index is 0. The molecule has 0 radical (unpaired) electrons. The first-order chi connectivity index (χ1) is 26.1. The molecule has 0 fully saturated rings. The third-order valence-corrected chi connectivity index (χ3v) is 11.9. The third kappa shape index (κ3) is 12.6. The Hall–Kier alpha value is -3.31. The van der Waals surface area contributed by atoms with Crippen molar-refractivity contribution in [3.63, 3.8) is 0 Å². The Morgan fingerprint density at radius 2 is 0.965 bits per heavy atom. The van der Waals surface area contributed by atoms with Gasteiger partial charge in [-0.25, -0.2) is 0 Å². The van der Waals surface area contributed by atoms with E-state index in [-0.39, 0.29) is 23.7 Å². The van der Waals surface area contributed by atoms with Gasteiger partial charge in [-0.2, -0.15) is 0 Å². The van der Waals surface area contributed by atoms with Crippen molar-refractivity contribution in [2.24, 2.45) is 0 Å². The molecule has 4 aromatic rings. The number of fused-ring (bicyclic) bond motifs is 4. The first kappa shape index (κ1) is 46.4. The zero-order valence-corrected chi connectivity index (χ0v) is 38.0. The van der Waals surface area contributed by atoms with E-state index in [2.05, 4.69) is 178 Å². The molecule has 0 amide bonds. The van der Waals surface area contributed by atoms with Crippen molar-refractivity contribution in [2.45, 2.75) is 184 Å². The molecule has 8 rings (SSSR count). The van der Waals surface area contributed by atoms with E-state index < -0.39 is 0 Å². The van der Waals surface area contributed by atoms with Gasteiger partial charge in [-0.15, -0.1) is 0 Å². The van der Waals surface area contributed by atoms with Gasteiger partial charge in [0.2, 0.25) is 0 Å². The predicted octanol–water partition coefficient (Wildman–Crippen LogP) is 12.7. The van der Waals surface area contributed by atoms with Gasteiger partial charge in [0.15, 0.2) is 0 Å². The number of nitrogens with one attached hydrogen (secondary N) is 1. The van der Waals surface area contributed by atoms with Crippen LogP contribution in [0.4, 0.5) is 0 Å². The second-order valence-corrected chi connectivity index (χ2v) is 21.1. The predicted molar refractivity (Wildman–Crippen MR) is 247 cm³/mol. The van der Waals surface area contributed by atoms with Crippen molar-refractivity contribution in [3.05, 3.63) is 134 Å². The lowest BCUT2D eigenvalue weighted by Gasteiger charge is -2.19. The van der Waals surface area contributed by atoms with Crippen LogP contribution in [0.15, 0.2) is 66.9 Å². The SMILES string of the molecule is C.CC(C)(C)c1ccc2c(c1)CCC2.CC(C)(C)c1cnc2c(c1)CNC2.CCCN1Cc2ccc(C(C)(C)C)cc2C1.CN1Cc2ccc(C(C)(C)C)cc2C1. The highest BCUT2D eigenvalue weighted by Gasteiger charge is 2.23. The van der Waals surface area contributed by atoms with E-state index in [1.807, 2.05) is 6.20 Å². The molecular formula is C53H80N4. The smallest absolute Gasteiger partial charge is 0.0586 e. The van der Waals surface area contributed by atoms with Gasteiger partial charge in [-0.05, 0) is 122 Å². The van der Waals surface area contributed by atoms with Crippen LogP contribution in [0, 0.1) is 0 Å². The Bertz CT molecular complexity index is 1860. The molecule has 0 bridgehead atoms. The molecule has 1 N–H and O–H groups in total.